The number of nitrogens with zero attached hydrogens (tertiary/aromatic N) is 4. The van der Waals surface area contributed by atoms with Crippen molar-refractivity contribution in [2.24, 2.45) is 7.05 Å². The van der Waals surface area contributed by atoms with Gasteiger partial charge in [0.1, 0.15) is 6.04 Å². The number of hydrogen-bond donors (Lipinski definition) is 1. The molecule has 0 saturated carbocycles. The Kier molecular flexibility index (Phi) is 7.22. The number of carbonyl (C=O) groups excluding carboxylic acids is 2. The van der Waals surface area contributed by atoms with Crippen LogP contribution >= 0.6 is 0 Å². The smallest absolute Gasteiger partial charge is 0.328 e. The van der Waals surface area contributed by atoms with Gasteiger partial charge in [0, 0.05) is 56.2 Å². The first-order valence-corrected chi connectivity index (χ1v) is 13.0. The Morgan fingerprint density at radius 2 is 1.85 bits per heavy atom. The maximum Gasteiger partial charge on any atom is 0.328 e. The van der Waals surface area contributed by atoms with E-state index in [1.165, 1.54) is 22.4 Å². The molecule has 2 aliphatic heterocycles. The minimum Gasteiger partial charge on any atom is -0.467 e. The highest BCUT2D eigenvalue weighted by Crippen LogP contribution is 2.28. The number of carbonyl (C=O) groups is 2. The van der Waals surface area contributed by atoms with Crippen molar-refractivity contribution >= 4 is 27.6 Å². The standard InChI is InChI=1S/C23H31N5O5S/c1-26-16-17(15-25-26)14-24-19-11-18(12-20(13-19)34(31,32)27-8-5-6-9-27)22(29)28-10-4-3-7-21(28)23(30)33-2/h11-13,15-16,21,24H,3-10,14H2,1-2H3. The highest BCUT2D eigenvalue weighted by molar-refractivity contribution is 7.89. The van der Waals surface area contributed by atoms with Crippen LogP contribution in [-0.4, -0.2) is 72.1 Å². The maximum atomic E-state index is 13.5. The fourth-order valence-corrected chi connectivity index (χ4v) is 6.13. The summed E-state index contributed by atoms with van der Waals surface area (Å²) in [6.45, 7) is 1.77. The predicted octanol–water partition coefficient (Wildman–Crippen LogP) is 1.98. The van der Waals surface area contributed by atoms with Gasteiger partial charge in [-0.25, -0.2) is 13.2 Å². The lowest BCUT2D eigenvalue weighted by Crippen LogP contribution is -2.48. The zero-order valence-electron chi connectivity index (χ0n) is 19.6. The summed E-state index contributed by atoms with van der Waals surface area (Å²) in [5.41, 5.74) is 1.66. The molecule has 1 unspecified atom stereocenters. The van der Waals surface area contributed by atoms with Crippen molar-refractivity contribution in [3.8, 4) is 0 Å². The molecule has 10 nitrogen and oxygen atoms in total. The number of anilines is 1. The molecular formula is C23H31N5O5S. The van der Waals surface area contributed by atoms with Crippen LogP contribution in [0.25, 0.3) is 0 Å². The number of ether oxygens (including phenoxy) is 1. The van der Waals surface area contributed by atoms with Crippen molar-refractivity contribution in [1.82, 2.24) is 19.0 Å². The molecule has 2 aliphatic rings. The van der Waals surface area contributed by atoms with Gasteiger partial charge in [-0.1, -0.05) is 0 Å². The number of nitrogens with one attached hydrogen (secondary N) is 1. The average molecular weight is 490 g/mol. The average Bonchev–Trinajstić information content (AvgIpc) is 3.54. The van der Waals surface area contributed by atoms with Crippen LogP contribution in [0.2, 0.25) is 0 Å². The van der Waals surface area contributed by atoms with E-state index in [4.69, 9.17) is 4.74 Å². The highest BCUT2D eigenvalue weighted by atomic mass is 32.2. The molecule has 1 aromatic carbocycles. The predicted molar refractivity (Wildman–Crippen MR) is 126 cm³/mol. The molecule has 0 aliphatic carbocycles. The van der Waals surface area contributed by atoms with Crippen molar-refractivity contribution in [3.05, 3.63) is 41.7 Å². The molecule has 0 bridgehead atoms. The quantitative estimate of drug-likeness (QED) is 0.592. The van der Waals surface area contributed by atoms with E-state index in [1.54, 1.807) is 23.0 Å². The van der Waals surface area contributed by atoms with Crippen LogP contribution in [0.1, 0.15) is 48.0 Å². The van der Waals surface area contributed by atoms with Crippen LogP contribution in [0, 0.1) is 0 Å². The molecule has 2 aromatic rings. The number of rotatable bonds is 7. The largest absolute Gasteiger partial charge is 0.467 e. The van der Waals surface area contributed by atoms with Gasteiger partial charge >= 0.3 is 5.97 Å². The van der Waals surface area contributed by atoms with Crippen LogP contribution in [0.15, 0.2) is 35.5 Å². The first-order chi connectivity index (χ1) is 16.3. The summed E-state index contributed by atoms with van der Waals surface area (Å²) in [6, 6.07) is 3.96. The van der Waals surface area contributed by atoms with Gasteiger partial charge < -0.3 is 15.0 Å². The van der Waals surface area contributed by atoms with Crippen LogP contribution in [0.3, 0.4) is 0 Å². The zero-order chi connectivity index (χ0) is 24.3. The van der Waals surface area contributed by atoms with E-state index in [0.717, 1.165) is 31.2 Å². The normalized spacial score (nSPS) is 19.2. The minimum absolute atomic E-state index is 0.0700. The van der Waals surface area contributed by atoms with Gasteiger partial charge in [0.25, 0.3) is 5.91 Å². The molecule has 1 N–H and O–H groups in total. The molecule has 2 saturated heterocycles. The molecule has 1 amide bonds. The third-order valence-corrected chi connectivity index (χ3v) is 8.22. The molecule has 0 spiro atoms. The molecule has 184 valence electrons. The van der Waals surface area contributed by atoms with Crippen LogP contribution in [0.5, 0.6) is 0 Å². The van der Waals surface area contributed by atoms with Crippen LogP contribution in [-0.2, 0) is 33.1 Å². The second-order valence-corrected chi connectivity index (χ2v) is 10.7. The second-order valence-electron chi connectivity index (χ2n) is 8.77. The van der Waals surface area contributed by atoms with E-state index in [9.17, 15) is 18.0 Å². The first kappa shape index (κ1) is 24.2. The fourth-order valence-electron chi connectivity index (χ4n) is 4.54. The number of aromatic nitrogens is 2. The number of piperidine rings is 1. The summed E-state index contributed by atoms with van der Waals surface area (Å²) in [7, 11) is -0.619. The fraction of sp³-hybridized carbons (Fsp3) is 0.522. The monoisotopic (exact) mass is 489 g/mol. The van der Waals surface area contributed by atoms with E-state index in [1.807, 2.05) is 13.2 Å². The summed E-state index contributed by atoms with van der Waals surface area (Å²) in [4.78, 5) is 27.4. The van der Waals surface area contributed by atoms with Crippen molar-refractivity contribution in [1.29, 1.82) is 0 Å². The lowest BCUT2D eigenvalue weighted by atomic mass is 10.0. The van der Waals surface area contributed by atoms with E-state index in [-0.39, 0.29) is 16.4 Å². The molecule has 1 atom stereocenters. The topological polar surface area (TPSA) is 114 Å². The third-order valence-electron chi connectivity index (χ3n) is 6.35. The number of sulfonamides is 1. The van der Waals surface area contributed by atoms with Gasteiger partial charge in [-0.3, -0.25) is 9.48 Å². The lowest BCUT2D eigenvalue weighted by molar-refractivity contribution is -0.147. The SMILES string of the molecule is COC(=O)C1CCCCN1C(=O)c1cc(NCc2cnn(C)c2)cc(S(=O)(=O)N2CCCC2)c1. The van der Waals surface area contributed by atoms with Gasteiger partial charge in [-0.15, -0.1) is 0 Å². The lowest BCUT2D eigenvalue weighted by Gasteiger charge is -2.34. The molecule has 34 heavy (non-hydrogen) atoms. The van der Waals surface area contributed by atoms with Crippen LogP contribution < -0.4 is 5.32 Å². The number of aryl methyl sites for hydroxylation is 1. The number of esters is 1. The molecule has 4 rings (SSSR count). The first-order valence-electron chi connectivity index (χ1n) is 11.5. The number of likely N-dealkylation sites (tertiary alicyclic amines) is 1. The van der Waals surface area contributed by atoms with Crippen LogP contribution in [0.4, 0.5) is 5.69 Å². The number of methoxy groups -OCH3 is 1. The van der Waals surface area contributed by atoms with Gasteiger partial charge in [0.15, 0.2) is 0 Å². The van der Waals surface area contributed by atoms with E-state index in [2.05, 4.69) is 10.4 Å². The second kappa shape index (κ2) is 10.1. The third kappa shape index (κ3) is 5.10. The summed E-state index contributed by atoms with van der Waals surface area (Å²) >= 11 is 0. The van der Waals surface area contributed by atoms with Crippen molar-refractivity contribution < 1.29 is 22.7 Å². The highest BCUT2D eigenvalue weighted by Gasteiger charge is 2.34. The summed E-state index contributed by atoms with van der Waals surface area (Å²) < 4.78 is 34.7. The van der Waals surface area contributed by atoms with Gasteiger partial charge in [-0.05, 0) is 50.3 Å². The summed E-state index contributed by atoms with van der Waals surface area (Å²) in [5.74, 6) is -0.832. The Bertz CT molecular complexity index is 1160. The minimum atomic E-state index is -3.75. The van der Waals surface area contributed by atoms with E-state index < -0.39 is 22.0 Å². The Hall–Kier alpha value is -2.92. The Balaban J connectivity index is 1.68. The van der Waals surface area contributed by atoms with Gasteiger partial charge in [0.05, 0.1) is 18.2 Å². The molecule has 1 aromatic heterocycles. The molecule has 0 radical (unpaired) electrons. The van der Waals surface area contributed by atoms with Gasteiger partial charge in [0.2, 0.25) is 10.0 Å². The Morgan fingerprint density at radius 1 is 1.12 bits per heavy atom. The summed E-state index contributed by atoms with van der Waals surface area (Å²) in [6.07, 6.45) is 7.34. The molecule has 3 heterocycles. The van der Waals surface area contributed by atoms with Gasteiger partial charge in [-0.2, -0.15) is 9.40 Å². The van der Waals surface area contributed by atoms with E-state index >= 15 is 0 Å². The molecule has 2 fully saturated rings. The molecule has 11 heteroatoms. The van der Waals surface area contributed by atoms with E-state index in [0.29, 0.717) is 38.3 Å². The van der Waals surface area contributed by atoms with Crippen molar-refractivity contribution in [2.75, 3.05) is 32.1 Å². The summed E-state index contributed by atoms with van der Waals surface area (Å²) in [5, 5.41) is 7.37. The number of hydrogen-bond acceptors (Lipinski definition) is 7. The van der Waals surface area contributed by atoms with Crippen molar-refractivity contribution in [2.45, 2.75) is 49.6 Å². The number of benzene rings is 1. The van der Waals surface area contributed by atoms with Crippen molar-refractivity contribution in [3.63, 3.8) is 0 Å². The Morgan fingerprint density at radius 3 is 2.53 bits per heavy atom. The number of amides is 1. The zero-order valence-corrected chi connectivity index (χ0v) is 20.4. The maximum absolute atomic E-state index is 13.5. The Labute approximate surface area is 199 Å². The molecular weight excluding hydrogens is 458 g/mol.